The van der Waals surface area contributed by atoms with Crippen molar-refractivity contribution >= 4 is 17.5 Å². The fraction of sp³-hybridized carbons (Fsp3) is 0.500. The average molecular weight is 536 g/mol. The van der Waals surface area contributed by atoms with Crippen molar-refractivity contribution in [1.29, 1.82) is 0 Å². The highest BCUT2D eigenvalue weighted by molar-refractivity contribution is 6.33. The van der Waals surface area contributed by atoms with Gasteiger partial charge >= 0.3 is 0 Å². The molecule has 0 unspecified atom stereocenters. The minimum atomic E-state index is -0.0265. The largest absolute Gasteiger partial charge is 0.459 e. The van der Waals surface area contributed by atoms with Gasteiger partial charge in [-0.15, -0.1) is 0 Å². The third-order valence-corrected chi connectivity index (χ3v) is 7.85. The Morgan fingerprint density at radius 1 is 1.11 bits per heavy atom. The molecule has 5 nitrogen and oxygen atoms in total. The molecule has 3 heterocycles. The van der Waals surface area contributed by atoms with E-state index in [9.17, 15) is 4.79 Å². The predicted molar refractivity (Wildman–Crippen MR) is 155 cm³/mol. The first-order chi connectivity index (χ1) is 18.4. The molecule has 6 heteroatoms. The van der Waals surface area contributed by atoms with E-state index in [-0.39, 0.29) is 11.9 Å². The average Bonchev–Trinajstić information content (AvgIpc) is 3.40. The minimum Gasteiger partial charge on any atom is -0.459 e. The topological polar surface area (TPSA) is 49.6 Å². The molecule has 1 aromatic carbocycles. The Morgan fingerprint density at radius 3 is 2.58 bits per heavy atom. The first-order valence-electron chi connectivity index (χ1n) is 14.3. The summed E-state index contributed by atoms with van der Waals surface area (Å²) in [6, 6.07) is 15.7. The number of benzene rings is 1. The number of nitrogens with zero attached hydrogens (tertiary/aromatic N) is 3. The van der Waals surface area contributed by atoms with Crippen LogP contribution in [0.2, 0.25) is 5.02 Å². The number of likely N-dealkylation sites (tertiary alicyclic amines) is 1. The van der Waals surface area contributed by atoms with E-state index in [1.165, 1.54) is 24.8 Å². The van der Waals surface area contributed by atoms with Crippen LogP contribution in [0.4, 0.5) is 0 Å². The Balaban J connectivity index is 1.50. The fourth-order valence-electron chi connectivity index (χ4n) is 5.12. The van der Waals surface area contributed by atoms with Gasteiger partial charge in [-0.3, -0.25) is 9.78 Å². The summed E-state index contributed by atoms with van der Waals surface area (Å²) in [6.07, 6.45) is 9.55. The van der Waals surface area contributed by atoms with Crippen molar-refractivity contribution in [2.75, 3.05) is 19.6 Å². The summed E-state index contributed by atoms with van der Waals surface area (Å²) < 4.78 is 6.21. The zero-order valence-electron chi connectivity index (χ0n) is 23.2. The molecule has 0 saturated carbocycles. The van der Waals surface area contributed by atoms with E-state index in [4.69, 9.17) is 16.0 Å². The lowest BCUT2D eigenvalue weighted by molar-refractivity contribution is 0.0522. The number of furan rings is 1. The van der Waals surface area contributed by atoms with Gasteiger partial charge < -0.3 is 14.2 Å². The number of aromatic nitrogens is 1. The van der Waals surface area contributed by atoms with Gasteiger partial charge in [0.15, 0.2) is 0 Å². The van der Waals surface area contributed by atoms with E-state index < -0.39 is 0 Å². The molecule has 0 spiro atoms. The zero-order chi connectivity index (χ0) is 26.9. The number of unbranched alkanes of at least 4 members (excludes halogenated alkanes) is 2. The lowest BCUT2D eigenvalue weighted by Crippen LogP contribution is -2.47. The van der Waals surface area contributed by atoms with E-state index in [1.807, 2.05) is 53.6 Å². The summed E-state index contributed by atoms with van der Waals surface area (Å²) in [4.78, 5) is 22.9. The molecule has 0 bridgehead atoms. The molecule has 2 aromatic heterocycles. The summed E-state index contributed by atoms with van der Waals surface area (Å²) in [5, 5.41) is 0.651. The van der Waals surface area contributed by atoms with Crippen molar-refractivity contribution < 1.29 is 9.21 Å². The second kappa shape index (κ2) is 14.0. The normalized spacial score (nSPS) is 14.8. The van der Waals surface area contributed by atoms with Crippen molar-refractivity contribution in [3.05, 3.63) is 76.8 Å². The van der Waals surface area contributed by atoms with Crippen LogP contribution >= 0.6 is 11.6 Å². The zero-order valence-corrected chi connectivity index (χ0v) is 23.9. The molecule has 38 heavy (non-hydrogen) atoms. The number of hydrogen-bond donors (Lipinski definition) is 0. The molecule has 0 atom stereocenters. The van der Waals surface area contributed by atoms with E-state index in [2.05, 4.69) is 36.7 Å². The number of amides is 1. The summed E-state index contributed by atoms with van der Waals surface area (Å²) in [5.41, 5.74) is 2.55. The van der Waals surface area contributed by atoms with Gasteiger partial charge in [-0.25, -0.2) is 0 Å². The van der Waals surface area contributed by atoms with Crippen LogP contribution in [0, 0.1) is 5.92 Å². The van der Waals surface area contributed by atoms with E-state index in [0.717, 1.165) is 62.4 Å². The number of carbonyl (C=O) groups excluding carboxylic acids is 1. The van der Waals surface area contributed by atoms with Crippen molar-refractivity contribution in [3.63, 3.8) is 0 Å². The molecule has 204 valence electrons. The summed E-state index contributed by atoms with van der Waals surface area (Å²) in [7, 11) is 0. The summed E-state index contributed by atoms with van der Waals surface area (Å²) in [6.45, 7) is 10.3. The monoisotopic (exact) mass is 535 g/mol. The van der Waals surface area contributed by atoms with Gasteiger partial charge in [0.25, 0.3) is 5.91 Å². The maximum atomic E-state index is 13.8. The molecule has 4 rings (SSSR count). The number of pyridine rings is 1. The van der Waals surface area contributed by atoms with Gasteiger partial charge in [-0.2, -0.15) is 0 Å². The van der Waals surface area contributed by atoms with Crippen LogP contribution in [-0.4, -0.2) is 46.4 Å². The van der Waals surface area contributed by atoms with Crippen molar-refractivity contribution in [2.45, 2.75) is 78.3 Å². The lowest BCUT2D eigenvalue weighted by atomic mass is 10.0. The van der Waals surface area contributed by atoms with Gasteiger partial charge in [0, 0.05) is 30.9 Å². The molecule has 1 fully saturated rings. The van der Waals surface area contributed by atoms with Crippen LogP contribution in [0.3, 0.4) is 0 Å². The highest BCUT2D eigenvalue weighted by atomic mass is 35.5. The van der Waals surface area contributed by atoms with Crippen LogP contribution in [0.1, 0.15) is 81.1 Å². The quantitative estimate of drug-likeness (QED) is 0.221. The number of rotatable bonds is 12. The Morgan fingerprint density at radius 2 is 1.89 bits per heavy atom. The number of halogens is 1. The molecule has 3 aromatic rings. The fourth-order valence-corrected chi connectivity index (χ4v) is 5.35. The summed E-state index contributed by atoms with van der Waals surface area (Å²) >= 11 is 6.40. The molecule has 1 saturated heterocycles. The Labute approximate surface area is 233 Å². The van der Waals surface area contributed by atoms with Gasteiger partial charge in [0.1, 0.15) is 17.2 Å². The van der Waals surface area contributed by atoms with Crippen molar-refractivity contribution in [1.82, 2.24) is 14.8 Å². The van der Waals surface area contributed by atoms with Crippen LogP contribution < -0.4 is 0 Å². The SMILES string of the molecule is CCCCCc1ccc(C(=O)N(Cc2ccc(-c3ccccc3Cl)o2)C2CCN(CCC(C)C)CC2)nc1. The van der Waals surface area contributed by atoms with E-state index >= 15 is 0 Å². The van der Waals surface area contributed by atoms with Crippen molar-refractivity contribution in [3.8, 4) is 11.3 Å². The first kappa shape index (κ1) is 28.4. The number of hydrogen-bond acceptors (Lipinski definition) is 4. The van der Waals surface area contributed by atoms with Gasteiger partial charge in [0.05, 0.1) is 11.6 Å². The maximum absolute atomic E-state index is 13.8. The maximum Gasteiger partial charge on any atom is 0.273 e. The van der Waals surface area contributed by atoms with E-state index in [0.29, 0.717) is 23.2 Å². The molecule has 1 amide bonds. The third-order valence-electron chi connectivity index (χ3n) is 7.52. The van der Waals surface area contributed by atoms with Crippen LogP contribution in [0.25, 0.3) is 11.3 Å². The molecule has 0 aliphatic carbocycles. The Kier molecular flexibility index (Phi) is 10.4. The molecule has 1 aliphatic heterocycles. The molecule has 1 aliphatic rings. The Bertz CT molecular complexity index is 1150. The number of carbonyl (C=O) groups is 1. The van der Waals surface area contributed by atoms with Gasteiger partial charge in [0.2, 0.25) is 0 Å². The second-order valence-corrected chi connectivity index (χ2v) is 11.4. The molecule has 0 N–H and O–H groups in total. The van der Waals surface area contributed by atoms with Crippen LogP contribution in [-0.2, 0) is 13.0 Å². The molecule has 0 radical (unpaired) electrons. The third kappa shape index (κ3) is 7.70. The van der Waals surface area contributed by atoms with Gasteiger partial charge in [-0.05, 0) is 80.5 Å². The first-order valence-corrected chi connectivity index (χ1v) is 14.6. The molecular weight excluding hydrogens is 494 g/mol. The number of aryl methyl sites for hydroxylation is 1. The van der Waals surface area contributed by atoms with Crippen molar-refractivity contribution in [2.24, 2.45) is 5.92 Å². The smallest absolute Gasteiger partial charge is 0.273 e. The highest BCUT2D eigenvalue weighted by Gasteiger charge is 2.30. The minimum absolute atomic E-state index is 0.0265. The number of piperidine rings is 1. The molecular formula is C32H42ClN3O2. The summed E-state index contributed by atoms with van der Waals surface area (Å²) in [5.74, 6) is 2.15. The highest BCUT2D eigenvalue weighted by Crippen LogP contribution is 2.30. The van der Waals surface area contributed by atoms with Gasteiger partial charge in [-0.1, -0.05) is 63.4 Å². The Hall–Kier alpha value is -2.63. The van der Waals surface area contributed by atoms with Crippen LogP contribution in [0.5, 0.6) is 0 Å². The van der Waals surface area contributed by atoms with Crippen LogP contribution in [0.15, 0.2) is 59.1 Å². The second-order valence-electron chi connectivity index (χ2n) is 10.9. The lowest BCUT2D eigenvalue weighted by Gasteiger charge is -2.38. The van der Waals surface area contributed by atoms with E-state index in [1.54, 1.807) is 0 Å². The predicted octanol–water partition coefficient (Wildman–Crippen LogP) is 7.88. The standard InChI is InChI=1S/C32H42ClN3O2/c1-4-5-6-9-25-12-14-30(34-22-25)32(37)36(26-17-20-35(21-18-26)19-16-24(2)3)23-27-13-15-31(38-27)28-10-7-8-11-29(28)33/h7-8,10-15,22,24,26H,4-6,9,16-21,23H2,1-3H3.